The van der Waals surface area contributed by atoms with E-state index < -0.39 is 0 Å². The maximum atomic E-state index is 12.8. The average Bonchev–Trinajstić information content (AvgIpc) is 2.41. The first kappa shape index (κ1) is 14.0. The van der Waals surface area contributed by atoms with Crippen molar-refractivity contribution in [3.63, 3.8) is 0 Å². The molecule has 0 aliphatic rings. The second-order valence-electron chi connectivity index (χ2n) is 4.30. The van der Waals surface area contributed by atoms with Crippen LogP contribution < -0.4 is 5.32 Å². The fourth-order valence-electron chi connectivity index (χ4n) is 1.71. The molecule has 1 aromatic heterocycles. The van der Waals surface area contributed by atoms with E-state index in [-0.39, 0.29) is 5.82 Å². The highest BCUT2D eigenvalue weighted by Crippen LogP contribution is 2.28. The van der Waals surface area contributed by atoms with Gasteiger partial charge in [-0.3, -0.25) is 0 Å². The number of aromatic nitrogens is 1. The predicted octanol–water partition coefficient (Wildman–Crippen LogP) is 3.79. The molecule has 100 valence electrons. The summed E-state index contributed by atoms with van der Waals surface area (Å²) in [4.78, 5) is 5.47. The molecule has 0 radical (unpaired) electrons. The van der Waals surface area contributed by atoms with Gasteiger partial charge in [0.25, 0.3) is 0 Å². The molecule has 0 bridgehead atoms. The molecule has 2 rings (SSSR count). The molecular weight excluding hydrogens is 259 g/mol. The van der Waals surface area contributed by atoms with E-state index in [1.54, 1.807) is 23.9 Å². The second-order valence-corrected chi connectivity index (χ2v) is 5.36. The number of benzene rings is 1. The second kappa shape index (κ2) is 6.68. The molecule has 0 saturated carbocycles. The first-order valence-corrected chi connectivity index (χ1v) is 7.10. The number of hydrogen-bond acceptors (Lipinski definition) is 3. The topological polar surface area (TPSA) is 24.9 Å². The molecule has 19 heavy (non-hydrogen) atoms. The van der Waals surface area contributed by atoms with Gasteiger partial charge in [-0.1, -0.05) is 24.8 Å². The number of rotatable bonds is 5. The number of hydrogen-bond donors (Lipinski definition) is 1. The molecule has 0 unspecified atom stereocenters. The molecule has 1 N–H and O–H groups in total. The van der Waals surface area contributed by atoms with E-state index in [1.165, 1.54) is 17.7 Å². The smallest absolute Gasteiger partial charge is 0.123 e. The highest BCUT2D eigenvalue weighted by Gasteiger charge is 2.04. The molecule has 0 aliphatic carbocycles. The normalized spacial score (nSPS) is 10.7. The Bertz CT molecular complexity index is 540. The predicted molar refractivity (Wildman–Crippen MR) is 76.9 cm³/mol. The van der Waals surface area contributed by atoms with E-state index >= 15 is 0 Å². The van der Waals surface area contributed by atoms with Crippen LogP contribution >= 0.6 is 11.8 Å². The van der Waals surface area contributed by atoms with Crippen LogP contribution in [0.1, 0.15) is 18.1 Å². The molecule has 0 spiro atoms. The van der Waals surface area contributed by atoms with Crippen LogP contribution in [0.15, 0.2) is 46.5 Å². The van der Waals surface area contributed by atoms with Crippen LogP contribution in [0.3, 0.4) is 0 Å². The van der Waals surface area contributed by atoms with Gasteiger partial charge < -0.3 is 5.32 Å². The van der Waals surface area contributed by atoms with Gasteiger partial charge in [-0.2, -0.15) is 0 Å². The highest BCUT2D eigenvalue weighted by molar-refractivity contribution is 7.99. The number of nitrogens with one attached hydrogen (secondary N) is 1. The lowest BCUT2D eigenvalue weighted by atomic mass is 10.2. The third kappa shape index (κ3) is 4.04. The number of aryl methyl sites for hydroxylation is 1. The van der Waals surface area contributed by atoms with E-state index in [9.17, 15) is 4.39 Å². The van der Waals surface area contributed by atoms with Crippen molar-refractivity contribution in [3.8, 4) is 0 Å². The summed E-state index contributed by atoms with van der Waals surface area (Å²) >= 11 is 1.56. The Kier molecular flexibility index (Phi) is 4.93. The molecule has 0 atom stereocenters. The lowest BCUT2D eigenvalue weighted by molar-refractivity contribution is 0.626. The van der Waals surface area contributed by atoms with Crippen LogP contribution in [0.4, 0.5) is 4.39 Å². The Hall–Kier alpha value is -1.39. The van der Waals surface area contributed by atoms with Crippen LogP contribution in [-0.4, -0.2) is 11.5 Å². The van der Waals surface area contributed by atoms with Gasteiger partial charge in [0.05, 0.1) is 0 Å². The molecule has 0 aliphatic heterocycles. The summed E-state index contributed by atoms with van der Waals surface area (Å²) in [5.74, 6) is -0.213. The van der Waals surface area contributed by atoms with E-state index in [0.29, 0.717) is 0 Å². The minimum absolute atomic E-state index is 0.213. The van der Waals surface area contributed by atoms with Crippen molar-refractivity contribution < 1.29 is 4.39 Å². The minimum Gasteiger partial charge on any atom is -0.313 e. The summed E-state index contributed by atoms with van der Waals surface area (Å²) in [6, 6.07) is 8.62. The summed E-state index contributed by atoms with van der Waals surface area (Å²) in [7, 11) is 0. The fourth-order valence-corrected chi connectivity index (χ4v) is 2.53. The van der Waals surface area contributed by atoms with Crippen LogP contribution in [0.5, 0.6) is 0 Å². The van der Waals surface area contributed by atoms with Gasteiger partial charge in [0.1, 0.15) is 10.8 Å². The monoisotopic (exact) mass is 276 g/mol. The van der Waals surface area contributed by atoms with Crippen molar-refractivity contribution in [2.45, 2.75) is 30.3 Å². The Morgan fingerprint density at radius 2 is 2.00 bits per heavy atom. The lowest BCUT2D eigenvalue weighted by Crippen LogP contribution is -2.12. The zero-order valence-corrected chi connectivity index (χ0v) is 11.9. The quantitative estimate of drug-likeness (QED) is 0.899. The number of halogens is 1. The van der Waals surface area contributed by atoms with Gasteiger partial charge >= 0.3 is 0 Å². The molecular formula is C15H17FN2S. The molecule has 1 aromatic carbocycles. The minimum atomic E-state index is -0.213. The van der Waals surface area contributed by atoms with Crippen molar-refractivity contribution >= 4 is 11.8 Å². The van der Waals surface area contributed by atoms with Gasteiger partial charge in [-0.15, -0.1) is 0 Å². The largest absolute Gasteiger partial charge is 0.313 e. The summed E-state index contributed by atoms with van der Waals surface area (Å²) in [6.45, 7) is 5.92. The van der Waals surface area contributed by atoms with Crippen molar-refractivity contribution in [1.82, 2.24) is 10.3 Å². The SMILES string of the molecule is CCNCc1cnc(Sc2ccc(F)cc2)c(C)c1. The van der Waals surface area contributed by atoms with Crippen molar-refractivity contribution in [3.05, 3.63) is 53.5 Å². The Labute approximate surface area is 117 Å². The summed E-state index contributed by atoms with van der Waals surface area (Å²) in [5, 5.41) is 4.24. The average molecular weight is 276 g/mol. The Morgan fingerprint density at radius 3 is 2.63 bits per heavy atom. The van der Waals surface area contributed by atoms with Crippen molar-refractivity contribution in [1.29, 1.82) is 0 Å². The molecule has 0 amide bonds. The van der Waals surface area contributed by atoms with E-state index in [2.05, 4.69) is 23.3 Å². The first-order valence-electron chi connectivity index (χ1n) is 6.28. The third-order valence-corrected chi connectivity index (χ3v) is 3.82. The van der Waals surface area contributed by atoms with E-state index in [1.807, 2.05) is 13.1 Å². The molecule has 2 aromatic rings. The molecule has 0 fully saturated rings. The molecule has 0 saturated heterocycles. The van der Waals surface area contributed by atoms with Gasteiger partial charge in [0.15, 0.2) is 0 Å². The van der Waals surface area contributed by atoms with Crippen LogP contribution in [-0.2, 0) is 6.54 Å². The first-order chi connectivity index (χ1) is 9.19. The third-order valence-electron chi connectivity index (χ3n) is 2.69. The molecule has 1 heterocycles. The summed E-state index contributed by atoms with van der Waals surface area (Å²) < 4.78 is 12.8. The van der Waals surface area contributed by atoms with Crippen LogP contribution in [0.25, 0.3) is 0 Å². The van der Waals surface area contributed by atoms with Crippen molar-refractivity contribution in [2.24, 2.45) is 0 Å². The standard InChI is InChI=1S/C15H17FN2S/c1-3-17-9-12-8-11(2)15(18-10-12)19-14-6-4-13(16)5-7-14/h4-8,10,17H,3,9H2,1-2H3. The van der Waals surface area contributed by atoms with Gasteiger partial charge in [-0.05, 0) is 48.9 Å². The fraction of sp³-hybridized carbons (Fsp3) is 0.267. The van der Waals surface area contributed by atoms with Gasteiger partial charge in [0.2, 0.25) is 0 Å². The summed E-state index contributed by atoms with van der Waals surface area (Å²) in [5.41, 5.74) is 2.33. The molecule has 4 heteroatoms. The highest BCUT2D eigenvalue weighted by atomic mass is 32.2. The Balaban J connectivity index is 2.10. The Morgan fingerprint density at radius 1 is 1.26 bits per heavy atom. The van der Waals surface area contributed by atoms with E-state index in [4.69, 9.17) is 0 Å². The van der Waals surface area contributed by atoms with Crippen molar-refractivity contribution in [2.75, 3.05) is 6.54 Å². The zero-order chi connectivity index (χ0) is 13.7. The number of nitrogens with zero attached hydrogens (tertiary/aromatic N) is 1. The zero-order valence-electron chi connectivity index (χ0n) is 11.1. The van der Waals surface area contributed by atoms with Crippen LogP contribution in [0.2, 0.25) is 0 Å². The van der Waals surface area contributed by atoms with Gasteiger partial charge in [-0.25, -0.2) is 9.37 Å². The van der Waals surface area contributed by atoms with E-state index in [0.717, 1.165) is 28.6 Å². The number of pyridine rings is 1. The molecule has 2 nitrogen and oxygen atoms in total. The summed E-state index contributed by atoms with van der Waals surface area (Å²) in [6.07, 6.45) is 1.89. The lowest BCUT2D eigenvalue weighted by Gasteiger charge is -2.07. The van der Waals surface area contributed by atoms with Crippen LogP contribution in [0, 0.1) is 12.7 Å². The maximum Gasteiger partial charge on any atom is 0.123 e. The van der Waals surface area contributed by atoms with Gasteiger partial charge in [0, 0.05) is 17.6 Å². The maximum absolute atomic E-state index is 12.8.